The molecule has 0 aliphatic heterocycles. The van der Waals surface area contributed by atoms with Gasteiger partial charge in [0, 0.05) is 13.5 Å². The van der Waals surface area contributed by atoms with Gasteiger partial charge in [0.05, 0.1) is 6.54 Å². The highest BCUT2D eigenvalue weighted by Gasteiger charge is 2.09. The summed E-state index contributed by atoms with van der Waals surface area (Å²) in [6, 6.07) is 9.86. The summed E-state index contributed by atoms with van der Waals surface area (Å²) in [6.45, 7) is 3.56. The van der Waals surface area contributed by atoms with E-state index in [0.717, 1.165) is 12.0 Å². The Balaban J connectivity index is 2.38. The quantitative estimate of drug-likeness (QED) is 0.771. The number of aryl methyl sites for hydroxylation is 1. The van der Waals surface area contributed by atoms with Gasteiger partial charge in [-0.15, -0.1) is 0 Å². The van der Waals surface area contributed by atoms with Crippen LogP contribution in [0.25, 0.3) is 0 Å². The minimum Gasteiger partial charge on any atom is -0.511 e. The van der Waals surface area contributed by atoms with Crippen molar-refractivity contribution in [1.29, 1.82) is 0 Å². The van der Waals surface area contributed by atoms with Crippen LogP contribution in [0.1, 0.15) is 12.0 Å². The lowest BCUT2D eigenvalue weighted by molar-refractivity contribution is -0.129. The number of carbonyl (C=O) groups excluding carboxylic acids is 1. The Morgan fingerprint density at radius 2 is 2.00 bits per heavy atom. The van der Waals surface area contributed by atoms with Crippen LogP contribution in [-0.2, 0) is 11.2 Å². The fraction of sp³-hybridized carbons (Fsp3) is 0.308. The van der Waals surface area contributed by atoms with E-state index in [2.05, 4.69) is 6.58 Å². The number of likely N-dealkylation sites (N-methyl/N-ethyl adjacent to an activating group) is 1. The third kappa shape index (κ3) is 4.17. The highest BCUT2D eigenvalue weighted by atomic mass is 16.3. The lowest BCUT2D eigenvalue weighted by Crippen LogP contribution is -2.28. The van der Waals surface area contributed by atoms with Gasteiger partial charge >= 0.3 is 0 Å². The zero-order valence-electron chi connectivity index (χ0n) is 9.52. The second-order valence-corrected chi connectivity index (χ2v) is 3.80. The van der Waals surface area contributed by atoms with E-state index in [1.807, 2.05) is 30.3 Å². The third-order valence-corrected chi connectivity index (χ3v) is 2.32. The number of rotatable bonds is 5. The van der Waals surface area contributed by atoms with Gasteiger partial charge in [-0.05, 0) is 12.0 Å². The summed E-state index contributed by atoms with van der Waals surface area (Å²) in [4.78, 5) is 13.1. The highest BCUT2D eigenvalue weighted by molar-refractivity contribution is 5.76. The molecule has 16 heavy (non-hydrogen) atoms. The summed E-state index contributed by atoms with van der Waals surface area (Å²) in [5.74, 6) is 0.0228. The van der Waals surface area contributed by atoms with E-state index in [0.29, 0.717) is 6.42 Å². The number of hydrogen-bond acceptors (Lipinski definition) is 2. The fourth-order valence-corrected chi connectivity index (χ4v) is 1.45. The first-order valence-corrected chi connectivity index (χ1v) is 5.24. The molecule has 1 aromatic rings. The van der Waals surface area contributed by atoms with E-state index >= 15 is 0 Å². The predicted octanol–water partition coefficient (Wildman–Crippen LogP) is 2.15. The number of nitrogens with zero attached hydrogens (tertiary/aromatic N) is 1. The van der Waals surface area contributed by atoms with Crippen molar-refractivity contribution < 1.29 is 9.90 Å². The first-order valence-electron chi connectivity index (χ1n) is 5.24. The largest absolute Gasteiger partial charge is 0.511 e. The predicted molar refractivity (Wildman–Crippen MR) is 64.2 cm³/mol. The van der Waals surface area contributed by atoms with Crippen molar-refractivity contribution in [3.05, 3.63) is 48.2 Å². The minimum atomic E-state index is 0.00978. The van der Waals surface area contributed by atoms with E-state index in [-0.39, 0.29) is 18.2 Å². The molecule has 0 unspecified atom stereocenters. The van der Waals surface area contributed by atoms with Crippen molar-refractivity contribution in [3.8, 4) is 0 Å². The molecule has 0 bridgehead atoms. The monoisotopic (exact) mass is 219 g/mol. The van der Waals surface area contributed by atoms with E-state index < -0.39 is 0 Å². The van der Waals surface area contributed by atoms with Crippen LogP contribution in [0.3, 0.4) is 0 Å². The van der Waals surface area contributed by atoms with Gasteiger partial charge in [-0.1, -0.05) is 36.9 Å². The number of benzene rings is 1. The Bertz CT molecular complexity index is 359. The van der Waals surface area contributed by atoms with Gasteiger partial charge in [0.25, 0.3) is 0 Å². The molecule has 0 fully saturated rings. The van der Waals surface area contributed by atoms with Crippen LogP contribution in [-0.4, -0.2) is 29.5 Å². The molecule has 0 aliphatic carbocycles. The van der Waals surface area contributed by atoms with Crippen molar-refractivity contribution in [3.63, 3.8) is 0 Å². The maximum absolute atomic E-state index is 11.6. The molecule has 1 N–H and O–H groups in total. The van der Waals surface area contributed by atoms with Crippen molar-refractivity contribution in [2.45, 2.75) is 12.8 Å². The summed E-state index contributed by atoms with van der Waals surface area (Å²) in [5, 5.41) is 8.97. The molecular formula is C13H17NO2. The first kappa shape index (κ1) is 12.3. The van der Waals surface area contributed by atoms with Crippen LogP contribution >= 0.6 is 0 Å². The fourth-order valence-electron chi connectivity index (χ4n) is 1.45. The second kappa shape index (κ2) is 5.95. The highest BCUT2D eigenvalue weighted by Crippen LogP contribution is 2.04. The summed E-state index contributed by atoms with van der Waals surface area (Å²) in [5.41, 5.74) is 1.15. The molecule has 0 aromatic heterocycles. The van der Waals surface area contributed by atoms with Crippen LogP contribution < -0.4 is 0 Å². The molecule has 0 heterocycles. The lowest BCUT2D eigenvalue weighted by Gasteiger charge is -2.16. The first-order chi connectivity index (χ1) is 7.59. The van der Waals surface area contributed by atoms with Crippen LogP contribution in [0.2, 0.25) is 0 Å². The molecule has 0 radical (unpaired) electrons. The number of carbonyl (C=O) groups is 1. The molecule has 0 saturated carbocycles. The van der Waals surface area contributed by atoms with Crippen molar-refractivity contribution in [2.75, 3.05) is 13.6 Å². The van der Waals surface area contributed by atoms with E-state index in [4.69, 9.17) is 5.11 Å². The zero-order valence-corrected chi connectivity index (χ0v) is 9.52. The van der Waals surface area contributed by atoms with E-state index in [1.54, 1.807) is 7.05 Å². The number of hydrogen-bond donors (Lipinski definition) is 1. The molecule has 1 aromatic carbocycles. The van der Waals surface area contributed by atoms with Crippen LogP contribution in [0.15, 0.2) is 42.7 Å². The van der Waals surface area contributed by atoms with Crippen LogP contribution in [0.4, 0.5) is 0 Å². The molecule has 0 saturated heterocycles. The Hall–Kier alpha value is -1.77. The molecule has 3 heteroatoms. The second-order valence-electron chi connectivity index (χ2n) is 3.80. The molecular weight excluding hydrogens is 202 g/mol. The Morgan fingerprint density at radius 3 is 2.56 bits per heavy atom. The Labute approximate surface area is 96.0 Å². The topological polar surface area (TPSA) is 40.5 Å². The molecule has 1 rings (SSSR count). The number of aliphatic hydroxyl groups excluding tert-OH is 1. The minimum absolute atomic E-state index is 0.00978. The van der Waals surface area contributed by atoms with Gasteiger partial charge < -0.3 is 10.0 Å². The van der Waals surface area contributed by atoms with Gasteiger partial charge in [0.2, 0.25) is 5.91 Å². The molecule has 86 valence electrons. The summed E-state index contributed by atoms with van der Waals surface area (Å²) >= 11 is 0. The van der Waals surface area contributed by atoms with Crippen LogP contribution in [0, 0.1) is 0 Å². The average molecular weight is 219 g/mol. The van der Waals surface area contributed by atoms with Gasteiger partial charge in [0.1, 0.15) is 5.76 Å². The van der Waals surface area contributed by atoms with E-state index in [9.17, 15) is 4.79 Å². The number of aliphatic hydroxyl groups is 1. The molecule has 0 atom stereocenters. The number of amides is 1. The molecule has 1 amide bonds. The Kier molecular flexibility index (Phi) is 4.58. The van der Waals surface area contributed by atoms with Gasteiger partial charge in [-0.2, -0.15) is 0 Å². The van der Waals surface area contributed by atoms with Crippen molar-refractivity contribution in [2.24, 2.45) is 0 Å². The normalized spacial score (nSPS) is 9.81. The Morgan fingerprint density at radius 1 is 1.38 bits per heavy atom. The van der Waals surface area contributed by atoms with Crippen molar-refractivity contribution in [1.82, 2.24) is 4.90 Å². The van der Waals surface area contributed by atoms with Gasteiger partial charge in [-0.3, -0.25) is 4.79 Å². The maximum atomic E-state index is 11.6. The molecule has 0 spiro atoms. The molecule has 3 nitrogen and oxygen atoms in total. The maximum Gasteiger partial charge on any atom is 0.223 e. The lowest BCUT2D eigenvalue weighted by atomic mass is 10.1. The van der Waals surface area contributed by atoms with Crippen LogP contribution in [0.5, 0.6) is 0 Å². The summed E-state index contributed by atoms with van der Waals surface area (Å²) in [7, 11) is 1.66. The standard InChI is InChI=1S/C13H17NO2/c1-11(15)10-14(2)13(16)9-8-12-6-4-3-5-7-12/h3-7,15H,1,8-10H2,2H3. The summed E-state index contributed by atoms with van der Waals surface area (Å²) in [6.07, 6.45) is 1.18. The SMILES string of the molecule is C=C(O)CN(C)C(=O)CCc1ccccc1. The van der Waals surface area contributed by atoms with E-state index in [1.165, 1.54) is 4.90 Å². The third-order valence-electron chi connectivity index (χ3n) is 2.32. The molecule has 0 aliphatic rings. The smallest absolute Gasteiger partial charge is 0.223 e. The summed E-state index contributed by atoms with van der Waals surface area (Å²) < 4.78 is 0. The van der Waals surface area contributed by atoms with Gasteiger partial charge in [0.15, 0.2) is 0 Å². The zero-order chi connectivity index (χ0) is 12.0. The van der Waals surface area contributed by atoms with Crippen molar-refractivity contribution >= 4 is 5.91 Å². The van der Waals surface area contributed by atoms with Gasteiger partial charge in [-0.25, -0.2) is 0 Å². The average Bonchev–Trinajstić information content (AvgIpc) is 2.26.